The van der Waals surface area contributed by atoms with Gasteiger partial charge >= 0.3 is 0 Å². The average molecular weight is 636 g/mol. The van der Waals surface area contributed by atoms with Gasteiger partial charge in [-0.1, -0.05) is 30.3 Å². The molecule has 0 saturated carbocycles. The fourth-order valence-electron chi connectivity index (χ4n) is 5.00. The van der Waals surface area contributed by atoms with Gasteiger partial charge < -0.3 is 20.6 Å². The smallest absolute Gasteiger partial charge is 0.140 e. The molecule has 4 heterocycles. The Balaban J connectivity index is 0.00000147. The summed E-state index contributed by atoms with van der Waals surface area (Å²) in [6.07, 6.45) is 7.87. The van der Waals surface area contributed by atoms with E-state index in [-0.39, 0.29) is 61.7 Å². The van der Waals surface area contributed by atoms with E-state index in [0.29, 0.717) is 11.3 Å². The summed E-state index contributed by atoms with van der Waals surface area (Å²) in [5.41, 5.74) is 4.14. The highest BCUT2D eigenvalue weighted by Gasteiger charge is 2.21. The Morgan fingerprint density at radius 1 is 0.732 bits per heavy atom. The highest BCUT2D eigenvalue weighted by atomic mass is 35.5. The second-order valence-corrected chi connectivity index (χ2v) is 9.41. The first-order valence-corrected chi connectivity index (χ1v) is 12.7. The lowest BCUT2D eigenvalue weighted by Crippen LogP contribution is -2.14. The molecular formula is C30H31Cl4FN6. The van der Waals surface area contributed by atoms with Crippen LogP contribution in [0.15, 0.2) is 54.9 Å². The number of benzene rings is 2. The van der Waals surface area contributed by atoms with Crippen molar-refractivity contribution in [1.82, 2.24) is 30.6 Å². The van der Waals surface area contributed by atoms with Gasteiger partial charge in [-0.3, -0.25) is 0 Å². The SMILES string of the molecule is Cl.Cl.Cl.Cl.Fc1cc(-c2cnc(C3CCCN3)[nH]2)cc(-c2ccccc2)c1C#CC#Cc1cnc(C2CCCN2)[nH]1. The molecule has 2 aliphatic rings. The third kappa shape index (κ3) is 7.84. The highest BCUT2D eigenvalue weighted by Crippen LogP contribution is 2.32. The van der Waals surface area contributed by atoms with Gasteiger partial charge in [-0.25, -0.2) is 14.4 Å². The number of imidazole rings is 2. The van der Waals surface area contributed by atoms with Gasteiger partial charge in [0.1, 0.15) is 23.2 Å². The van der Waals surface area contributed by atoms with E-state index in [1.165, 1.54) is 6.07 Å². The topological polar surface area (TPSA) is 81.4 Å². The van der Waals surface area contributed by atoms with Crippen LogP contribution < -0.4 is 10.6 Å². The van der Waals surface area contributed by atoms with E-state index < -0.39 is 5.82 Å². The molecule has 0 radical (unpaired) electrons. The van der Waals surface area contributed by atoms with Crippen molar-refractivity contribution in [2.24, 2.45) is 0 Å². The Hall–Kier alpha value is -3.01. The molecule has 2 fully saturated rings. The predicted molar refractivity (Wildman–Crippen MR) is 171 cm³/mol. The van der Waals surface area contributed by atoms with Crippen LogP contribution in [0.1, 0.15) is 60.7 Å². The van der Waals surface area contributed by atoms with Gasteiger partial charge in [-0.2, -0.15) is 0 Å². The molecular weight excluding hydrogens is 605 g/mol. The maximum atomic E-state index is 15.5. The van der Waals surface area contributed by atoms with Crippen LogP contribution in [-0.2, 0) is 0 Å². The number of rotatable bonds is 4. The molecule has 11 heteroatoms. The Kier molecular flexibility index (Phi) is 13.2. The van der Waals surface area contributed by atoms with Crippen LogP contribution in [0.2, 0.25) is 0 Å². The molecule has 4 aromatic rings. The lowest BCUT2D eigenvalue weighted by molar-refractivity contribution is 0.612. The van der Waals surface area contributed by atoms with E-state index in [2.05, 4.69) is 54.3 Å². The second-order valence-electron chi connectivity index (χ2n) is 9.41. The molecule has 0 aliphatic carbocycles. The first-order valence-electron chi connectivity index (χ1n) is 12.7. The van der Waals surface area contributed by atoms with Crippen LogP contribution in [0, 0.1) is 29.5 Å². The Morgan fingerprint density at radius 2 is 1.37 bits per heavy atom. The molecule has 41 heavy (non-hydrogen) atoms. The van der Waals surface area contributed by atoms with Crippen molar-refractivity contribution in [1.29, 1.82) is 0 Å². The zero-order valence-corrected chi connectivity index (χ0v) is 25.3. The minimum atomic E-state index is -0.392. The van der Waals surface area contributed by atoms with Gasteiger partial charge in [-0.05, 0) is 80.2 Å². The van der Waals surface area contributed by atoms with Gasteiger partial charge in [0.2, 0.25) is 0 Å². The van der Waals surface area contributed by atoms with Crippen LogP contribution in [-0.4, -0.2) is 33.0 Å². The quantitative estimate of drug-likeness (QED) is 0.192. The van der Waals surface area contributed by atoms with Gasteiger partial charge in [0.05, 0.1) is 35.7 Å². The molecule has 2 aromatic carbocycles. The summed E-state index contributed by atoms with van der Waals surface area (Å²) >= 11 is 0. The van der Waals surface area contributed by atoms with Crippen LogP contribution >= 0.6 is 49.6 Å². The monoisotopic (exact) mass is 634 g/mol. The van der Waals surface area contributed by atoms with Crippen molar-refractivity contribution in [3.8, 4) is 46.1 Å². The van der Waals surface area contributed by atoms with E-state index in [1.54, 1.807) is 12.4 Å². The van der Waals surface area contributed by atoms with Crippen molar-refractivity contribution >= 4 is 49.6 Å². The summed E-state index contributed by atoms with van der Waals surface area (Å²) in [6, 6.07) is 13.7. The first kappa shape index (κ1) is 34.2. The van der Waals surface area contributed by atoms with Crippen molar-refractivity contribution in [2.75, 3.05) is 13.1 Å². The number of nitrogens with one attached hydrogen (secondary N) is 4. The normalized spacial score (nSPS) is 16.9. The maximum Gasteiger partial charge on any atom is 0.140 e. The average Bonchev–Trinajstić information content (AvgIpc) is 3.74. The Bertz CT molecular complexity index is 1540. The summed E-state index contributed by atoms with van der Waals surface area (Å²) in [7, 11) is 0. The fourth-order valence-corrected chi connectivity index (χ4v) is 5.00. The summed E-state index contributed by atoms with van der Waals surface area (Å²) in [5.74, 6) is 13.0. The second kappa shape index (κ2) is 15.8. The molecule has 0 bridgehead atoms. The zero-order chi connectivity index (χ0) is 25.0. The van der Waals surface area contributed by atoms with Gasteiger partial charge in [-0.15, -0.1) is 49.6 Å². The van der Waals surface area contributed by atoms with Gasteiger partial charge in [0.25, 0.3) is 0 Å². The lowest BCUT2D eigenvalue weighted by atomic mass is 9.96. The van der Waals surface area contributed by atoms with E-state index in [9.17, 15) is 0 Å². The molecule has 2 unspecified atom stereocenters. The molecule has 0 amide bonds. The molecule has 4 N–H and O–H groups in total. The first-order chi connectivity index (χ1) is 18.2. The van der Waals surface area contributed by atoms with Crippen LogP contribution in [0.25, 0.3) is 22.4 Å². The minimum absolute atomic E-state index is 0. The number of nitrogens with zero attached hydrogens (tertiary/aromatic N) is 2. The standard InChI is InChI=1S/C30H27FN6.4ClH/c31-25-17-21(28-19-35-30(37-28)27-13-7-15-33-27)16-24(20-8-2-1-3-9-20)23(25)11-5-4-10-22-18-34-29(36-22)26-12-6-14-32-26;;;;/h1-3,8-9,16-19,26-27,32-33H,6-7,12-15H2,(H,34,36)(H,35,37);4*1H. The molecule has 2 atom stereocenters. The summed E-state index contributed by atoms with van der Waals surface area (Å²) < 4.78 is 15.5. The molecule has 2 aliphatic heterocycles. The third-order valence-corrected chi connectivity index (χ3v) is 6.90. The van der Waals surface area contributed by atoms with Crippen LogP contribution in [0.3, 0.4) is 0 Å². The largest absolute Gasteiger partial charge is 0.341 e. The number of aromatic nitrogens is 4. The Labute approximate surface area is 264 Å². The van der Waals surface area contributed by atoms with Crippen LogP contribution in [0.4, 0.5) is 4.39 Å². The Morgan fingerprint density at radius 3 is 2.02 bits per heavy atom. The number of H-pyrrole nitrogens is 2. The predicted octanol–water partition coefficient (Wildman–Crippen LogP) is 6.55. The zero-order valence-electron chi connectivity index (χ0n) is 22.0. The van der Waals surface area contributed by atoms with E-state index >= 15 is 4.39 Å². The van der Waals surface area contributed by atoms with Crippen molar-refractivity contribution in [3.63, 3.8) is 0 Å². The molecule has 6 rings (SSSR count). The summed E-state index contributed by atoms with van der Waals surface area (Å²) in [5, 5.41) is 6.86. The van der Waals surface area contributed by atoms with Gasteiger partial charge in [0.15, 0.2) is 0 Å². The fraction of sp³-hybridized carbons (Fsp3) is 0.267. The third-order valence-electron chi connectivity index (χ3n) is 6.90. The van der Waals surface area contributed by atoms with Crippen molar-refractivity contribution < 1.29 is 4.39 Å². The number of halogens is 5. The number of aromatic amines is 2. The highest BCUT2D eigenvalue weighted by molar-refractivity contribution is 5.86. The minimum Gasteiger partial charge on any atom is -0.341 e. The number of hydrogen-bond acceptors (Lipinski definition) is 4. The van der Waals surface area contributed by atoms with Crippen molar-refractivity contribution in [3.05, 3.63) is 83.6 Å². The molecule has 2 aromatic heterocycles. The van der Waals surface area contributed by atoms with E-state index in [4.69, 9.17) is 0 Å². The molecule has 6 nitrogen and oxygen atoms in total. The number of hydrogen-bond donors (Lipinski definition) is 4. The van der Waals surface area contributed by atoms with E-state index in [0.717, 1.165) is 72.8 Å². The summed E-state index contributed by atoms with van der Waals surface area (Å²) in [4.78, 5) is 15.6. The molecule has 0 spiro atoms. The van der Waals surface area contributed by atoms with E-state index in [1.807, 2.05) is 36.4 Å². The van der Waals surface area contributed by atoms with Crippen LogP contribution in [0.5, 0.6) is 0 Å². The summed E-state index contributed by atoms with van der Waals surface area (Å²) in [6.45, 7) is 1.99. The van der Waals surface area contributed by atoms with Gasteiger partial charge in [0, 0.05) is 11.1 Å². The molecule has 216 valence electrons. The lowest BCUT2D eigenvalue weighted by Gasteiger charge is -2.10. The van der Waals surface area contributed by atoms with Crippen molar-refractivity contribution in [2.45, 2.75) is 37.8 Å². The molecule has 2 saturated heterocycles. The maximum absolute atomic E-state index is 15.5.